The maximum atomic E-state index is 13.4. The predicted molar refractivity (Wildman–Crippen MR) is 64.2 cm³/mol. The maximum Gasteiger partial charge on any atom is 0.258 e. The monoisotopic (exact) mass is 245 g/mol. The van der Waals surface area contributed by atoms with Crippen LogP contribution in [0, 0.1) is 5.95 Å². The summed E-state index contributed by atoms with van der Waals surface area (Å²) in [6.07, 6.45) is 2.96. The van der Waals surface area contributed by atoms with Gasteiger partial charge in [0.25, 0.3) is 5.91 Å². The maximum absolute atomic E-state index is 13.4. The summed E-state index contributed by atoms with van der Waals surface area (Å²) < 4.78 is 13.4. The van der Waals surface area contributed by atoms with Crippen LogP contribution < -0.4 is 0 Å². The number of pyridine rings is 2. The second kappa shape index (κ2) is 5.35. The molecule has 0 saturated heterocycles. The van der Waals surface area contributed by atoms with Gasteiger partial charge in [-0.3, -0.25) is 9.78 Å². The molecule has 0 aliphatic rings. The van der Waals surface area contributed by atoms with Gasteiger partial charge < -0.3 is 4.90 Å². The number of amides is 1. The first-order valence-electron chi connectivity index (χ1n) is 5.44. The number of rotatable bonds is 3. The van der Waals surface area contributed by atoms with E-state index in [1.807, 2.05) is 12.1 Å². The molecule has 4 nitrogen and oxygen atoms in total. The summed E-state index contributed by atoms with van der Waals surface area (Å²) in [5.41, 5.74) is 0.716. The molecule has 92 valence electrons. The summed E-state index contributed by atoms with van der Waals surface area (Å²) in [6, 6.07) is 8.39. The Balaban J connectivity index is 2.13. The number of carbonyl (C=O) groups excluding carboxylic acids is 1. The van der Waals surface area contributed by atoms with E-state index >= 15 is 0 Å². The molecule has 2 rings (SSSR count). The molecular formula is C13H12FN3O. The topological polar surface area (TPSA) is 46.1 Å². The van der Waals surface area contributed by atoms with Crippen LogP contribution in [0.3, 0.4) is 0 Å². The number of hydrogen-bond acceptors (Lipinski definition) is 3. The van der Waals surface area contributed by atoms with Crippen molar-refractivity contribution >= 4 is 5.91 Å². The lowest BCUT2D eigenvalue weighted by molar-refractivity contribution is 0.0777. The third kappa shape index (κ3) is 2.68. The molecule has 0 saturated carbocycles. The molecule has 0 fully saturated rings. The van der Waals surface area contributed by atoms with Crippen molar-refractivity contribution in [3.8, 4) is 0 Å². The van der Waals surface area contributed by atoms with Crippen LogP contribution in [-0.4, -0.2) is 27.8 Å². The molecule has 0 spiro atoms. The Morgan fingerprint density at radius 2 is 2.00 bits per heavy atom. The number of aromatic nitrogens is 2. The molecule has 18 heavy (non-hydrogen) atoms. The van der Waals surface area contributed by atoms with E-state index in [-0.39, 0.29) is 5.56 Å². The summed E-state index contributed by atoms with van der Waals surface area (Å²) in [5, 5.41) is 0. The highest BCUT2D eigenvalue weighted by Crippen LogP contribution is 2.08. The number of nitrogens with zero attached hydrogens (tertiary/aromatic N) is 3. The van der Waals surface area contributed by atoms with Crippen LogP contribution in [-0.2, 0) is 6.54 Å². The van der Waals surface area contributed by atoms with Gasteiger partial charge in [-0.25, -0.2) is 4.98 Å². The van der Waals surface area contributed by atoms with E-state index in [1.165, 1.54) is 23.2 Å². The molecule has 2 aromatic heterocycles. The van der Waals surface area contributed by atoms with Gasteiger partial charge >= 0.3 is 0 Å². The van der Waals surface area contributed by atoms with Crippen molar-refractivity contribution in [2.24, 2.45) is 0 Å². The SMILES string of the molecule is CN(Cc1ccccn1)C(=O)c1cccnc1F. The second-order valence-corrected chi connectivity index (χ2v) is 3.82. The fraction of sp³-hybridized carbons (Fsp3) is 0.154. The second-order valence-electron chi connectivity index (χ2n) is 3.82. The summed E-state index contributed by atoms with van der Waals surface area (Å²) in [7, 11) is 1.60. The van der Waals surface area contributed by atoms with Crippen molar-refractivity contribution in [2.45, 2.75) is 6.54 Å². The van der Waals surface area contributed by atoms with E-state index in [9.17, 15) is 9.18 Å². The van der Waals surface area contributed by atoms with Crippen LogP contribution in [0.2, 0.25) is 0 Å². The standard InChI is InChI=1S/C13H12FN3O/c1-17(9-10-5-2-3-7-15-10)13(18)11-6-4-8-16-12(11)14/h2-8H,9H2,1H3. The molecule has 0 bridgehead atoms. The van der Waals surface area contributed by atoms with Crippen LogP contribution >= 0.6 is 0 Å². The van der Waals surface area contributed by atoms with E-state index in [4.69, 9.17) is 0 Å². The molecule has 2 heterocycles. The Morgan fingerprint density at radius 1 is 1.22 bits per heavy atom. The van der Waals surface area contributed by atoms with Gasteiger partial charge in [0.15, 0.2) is 0 Å². The largest absolute Gasteiger partial charge is 0.336 e. The minimum atomic E-state index is -0.754. The van der Waals surface area contributed by atoms with Crippen molar-refractivity contribution in [3.05, 3.63) is 59.9 Å². The molecule has 0 aliphatic heterocycles. The molecular weight excluding hydrogens is 233 g/mol. The zero-order chi connectivity index (χ0) is 13.0. The lowest BCUT2D eigenvalue weighted by atomic mass is 10.2. The Kier molecular flexibility index (Phi) is 3.62. The van der Waals surface area contributed by atoms with Crippen LogP contribution in [0.15, 0.2) is 42.7 Å². The highest BCUT2D eigenvalue weighted by Gasteiger charge is 2.16. The van der Waals surface area contributed by atoms with Gasteiger partial charge in [0.1, 0.15) is 0 Å². The minimum Gasteiger partial charge on any atom is -0.336 e. The van der Waals surface area contributed by atoms with Gasteiger partial charge in [-0.2, -0.15) is 4.39 Å². The highest BCUT2D eigenvalue weighted by molar-refractivity contribution is 5.93. The summed E-state index contributed by atoms with van der Waals surface area (Å²) >= 11 is 0. The zero-order valence-corrected chi connectivity index (χ0v) is 9.88. The Hall–Kier alpha value is -2.30. The van der Waals surface area contributed by atoms with Gasteiger partial charge in [0.05, 0.1) is 17.8 Å². The average molecular weight is 245 g/mol. The van der Waals surface area contributed by atoms with Crippen molar-refractivity contribution in [1.29, 1.82) is 0 Å². The third-order valence-corrected chi connectivity index (χ3v) is 2.46. The van der Waals surface area contributed by atoms with Gasteiger partial charge in [0, 0.05) is 19.4 Å². The highest BCUT2D eigenvalue weighted by atomic mass is 19.1. The summed E-state index contributed by atoms with van der Waals surface area (Å²) in [5.74, 6) is -1.17. The van der Waals surface area contributed by atoms with E-state index < -0.39 is 11.9 Å². The molecule has 0 radical (unpaired) electrons. The van der Waals surface area contributed by atoms with Crippen molar-refractivity contribution < 1.29 is 9.18 Å². The van der Waals surface area contributed by atoms with Crippen molar-refractivity contribution in [1.82, 2.24) is 14.9 Å². The molecule has 0 unspecified atom stereocenters. The van der Waals surface area contributed by atoms with Gasteiger partial charge in [-0.05, 0) is 24.3 Å². The van der Waals surface area contributed by atoms with Crippen LogP contribution in [0.4, 0.5) is 4.39 Å². The summed E-state index contributed by atoms with van der Waals surface area (Å²) in [6.45, 7) is 0.327. The Bertz CT molecular complexity index is 545. The van der Waals surface area contributed by atoms with Gasteiger partial charge in [0.2, 0.25) is 5.95 Å². The molecule has 1 amide bonds. The average Bonchev–Trinajstić information content (AvgIpc) is 2.39. The first kappa shape index (κ1) is 12.2. The smallest absolute Gasteiger partial charge is 0.258 e. The molecule has 5 heteroatoms. The Morgan fingerprint density at radius 3 is 2.67 bits per heavy atom. The fourth-order valence-corrected chi connectivity index (χ4v) is 1.56. The number of carbonyl (C=O) groups is 1. The third-order valence-electron chi connectivity index (χ3n) is 2.46. The fourth-order valence-electron chi connectivity index (χ4n) is 1.56. The molecule has 0 aromatic carbocycles. The first-order valence-corrected chi connectivity index (χ1v) is 5.44. The van der Waals surface area contributed by atoms with Crippen LogP contribution in [0.5, 0.6) is 0 Å². The lowest BCUT2D eigenvalue weighted by Gasteiger charge is -2.16. The van der Waals surface area contributed by atoms with E-state index in [0.29, 0.717) is 6.54 Å². The Labute approximate surface area is 104 Å². The van der Waals surface area contributed by atoms with Crippen molar-refractivity contribution in [3.63, 3.8) is 0 Å². The van der Waals surface area contributed by atoms with Crippen molar-refractivity contribution in [2.75, 3.05) is 7.05 Å². The van der Waals surface area contributed by atoms with Gasteiger partial charge in [-0.15, -0.1) is 0 Å². The summed E-state index contributed by atoms with van der Waals surface area (Å²) in [4.78, 5) is 21.0. The van der Waals surface area contributed by atoms with E-state index in [2.05, 4.69) is 9.97 Å². The number of hydrogen-bond donors (Lipinski definition) is 0. The molecule has 0 N–H and O–H groups in total. The quantitative estimate of drug-likeness (QED) is 0.776. The minimum absolute atomic E-state index is 0.0315. The molecule has 0 aliphatic carbocycles. The van der Waals surface area contributed by atoms with E-state index in [1.54, 1.807) is 19.3 Å². The molecule has 2 aromatic rings. The molecule has 0 atom stereocenters. The van der Waals surface area contributed by atoms with E-state index in [0.717, 1.165) is 5.69 Å². The van der Waals surface area contributed by atoms with Crippen LogP contribution in [0.25, 0.3) is 0 Å². The first-order chi connectivity index (χ1) is 8.68. The van der Waals surface area contributed by atoms with Gasteiger partial charge in [-0.1, -0.05) is 6.07 Å². The lowest BCUT2D eigenvalue weighted by Crippen LogP contribution is -2.27. The van der Waals surface area contributed by atoms with Crippen LogP contribution in [0.1, 0.15) is 16.1 Å². The zero-order valence-electron chi connectivity index (χ0n) is 9.88. The predicted octanol–water partition coefficient (Wildman–Crippen LogP) is 1.89. The number of halogens is 1. The normalized spacial score (nSPS) is 10.1.